The summed E-state index contributed by atoms with van der Waals surface area (Å²) in [5.74, 6) is 0.396. The van der Waals surface area contributed by atoms with Crippen LogP contribution in [0.5, 0.6) is 0 Å². The maximum absolute atomic E-state index is 4.19. The maximum atomic E-state index is 4.19. The monoisotopic (exact) mass is 109 g/mol. The third-order valence-corrected chi connectivity index (χ3v) is 0.757. The molecule has 0 aliphatic heterocycles. The van der Waals surface area contributed by atoms with Gasteiger partial charge >= 0.3 is 0 Å². The molecule has 1 atom stereocenters. The Bertz CT molecular complexity index is 105. The summed E-state index contributed by atoms with van der Waals surface area (Å²) in [5, 5.41) is 0. The van der Waals surface area contributed by atoms with Crippen LogP contribution in [0.15, 0.2) is 17.6 Å². The molecule has 0 aromatic heterocycles. The van der Waals surface area contributed by atoms with Crippen molar-refractivity contribution < 1.29 is 0 Å². The van der Waals surface area contributed by atoms with E-state index < -0.39 is 0 Å². The third kappa shape index (κ3) is 3.66. The zero-order chi connectivity index (χ0) is 6.57. The van der Waals surface area contributed by atoms with Gasteiger partial charge in [-0.1, -0.05) is 13.5 Å². The molecule has 0 amide bonds. The Hall–Kier alpha value is -0.525. The van der Waals surface area contributed by atoms with E-state index >= 15 is 0 Å². The molecular formula is C6H12BN. The predicted octanol–water partition coefficient (Wildman–Crippen LogP) is 0.612. The Kier molecular flexibility index (Phi) is 3.25. The van der Waals surface area contributed by atoms with Crippen LogP contribution in [0.3, 0.4) is 0 Å². The summed E-state index contributed by atoms with van der Waals surface area (Å²) in [6.07, 6.45) is 1.76. The van der Waals surface area contributed by atoms with Gasteiger partial charge in [-0.05, 0) is 13.0 Å². The van der Waals surface area contributed by atoms with E-state index in [-0.39, 0.29) is 0 Å². The Balaban J connectivity index is 3.74. The predicted molar refractivity (Wildman–Crippen MR) is 41.3 cm³/mol. The number of hydrogen-bond acceptors (Lipinski definition) is 1. The number of rotatable bonds is 2. The van der Waals surface area contributed by atoms with Gasteiger partial charge in [0.2, 0.25) is 0 Å². The first kappa shape index (κ1) is 7.47. The maximum Gasteiger partial charge on any atom is 0.133 e. The fourth-order valence-electron chi connectivity index (χ4n) is 0.460. The molecule has 8 heavy (non-hydrogen) atoms. The fraction of sp³-hybridized carbons (Fsp3) is 0.500. The average Bonchev–Trinajstić information content (AvgIpc) is 1.65. The summed E-state index contributed by atoms with van der Waals surface area (Å²) in [6.45, 7) is 7.58. The second kappa shape index (κ2) is 3.47. The molecule has 0 rings (SSSR count). The molecular weight excluding hydrogens is 96.9 g/mol. The van der Waals surface area contributed by atoms with Crippen LogP contribution >= 0.6 is 0 Å². The number of allylic oxidation sites excluding steroid dienone is 1. The van der Waals surface area contributed by atoms with Crippen molar-refractivity contribution >= 4 is 13.6 Å². The van der Waals surface area contributed by atoms with E-state index in [1.807, 2.05) is 21.7 Å². The van der Waals surface area contributed by atoms with Crippen LogP contribution in [0.2, 0.25) is 0 Å². The highest BCUT2D eigenvalue weighted by molar-refractivity contribution is 6.12. The third-order valence-electron chi connectivity index (χ3n) is 0.757. The lowest BCUT2D eigenvalue weighted by Crippen LogP contribution is -1.98. The minimum absolute atomic E-state index is 0.396. The van der Waals surface area contributed by atoms with Gasteiger partial charge in [0.05, 0.1) is 0 Å². The summed E-state index contributed by atoms with van der Waals surface area (Å²) >= 11 is 0. The smallest absolute Gasteiger partial charge is 0.133 e. The molecule has 2 heteroatoms. The lowest BCUT2D eigenvalue weighted by atomic mass is 10.00. The molecule has 0 saturated carbocycles. The van der Waals surface area contributed by atoms with Gasteiger partial charge in [0.15, 0.2) is 0 Å². The van der Waals surface area contributed by atoms with E-state index in [4.69, 9.17) is 0 Å². The van der Waals surface area contributed by atoms with Gasteiger partial charge in [-0.25, -0.2) is 0 Å². The standard InChI is InChI=1S/C6H12BN/c1-4-5(2)8-6(3)7/h4,6H,1,7H2,2-3H3/b8-5-. The normalized spacial score (nSPS) is 15.5. The van der Waals surface area contributed by atoms with Crippen molar-refractivity contribution in [2.24, 2.45) is 4.99 Å². The van der Waals surface area contributed by atoms with Crippen molar-refractivity contribution in [1.82, 2.24) is 0 Å². The van der Waals surface area contributed by atoms with Crippen molar-refractivity contribution in [2.75, 3.05) is 0 Å². The van der Waals surface area contributed by atoms with Gasteiger partial charge in [0, 0.05) is 11.7 Å². The summed E-state index contributed by atoms with van der Waals surface area (Å²) in [4.78, 5) is 4.19. The van der Waals surface area contributed by atoms with E-state index in [1.165, 1.54) is 0 Å². The van der Waals surface area contributed by atoms with Gasteiger partial charge in [-0.2, -0.15) is 0 Å². The molecule has 0 aromatic rings. The minimum Gasteiger partial charge on any atom is -0.296 e. The van der Waals surface area contributed by atoms with E-state index in [1.54, 1.807) is 6.08 Å². The summed E-state index contributed by atoms with van der Waals surface area (Å²) in [7, 11) is 2.05. The first-order valence-electron chi connectivity index (χ1n) is 2.83. The first-order chi connectivity index (χ1) is 3.66. The summed E-state index contributed by atoms with van der Waals surface area (Å²) in [6, 6.07) is 0. The highest BCUT2D eigenvalue weighted by Gasteiger charge is 1.85. The average molecular weight is 109 g/mol. The van der Waals surface area contributed by atoms with Gasteiger partial charge in [-0.3, -0.25) is 4.99 Å². The first-order valence-corrected chi connectivity index (χ1v) is 2.83. The van der Waals surface area contributed by atoms with Crippen LogP contribution in [0.25, 0.3) is 0 Å². The van der Waals surface area contributed by atoms with E-state index in [9.17, 15) is 0 Å². The molecule has 0 aromatic carbocycles. The molecule has 44 valence electrons. The quantitative estimate of drug-likeness (QED) is 0.364. The topological polar surface area (TPSA) is 12.4 Å². The molecule has 0 bridgehead atoms. The molecule has 0 aliphatic carbocycles. The molecule has 1 unspecified atom stereocenters. The lowest BCUT2D eigenvalue weighted by Gasteiger charge is -1.94. The number of aliphatic imine (C=N–C) groups is 1. The van der Waals surface area contributed by atoms with Crippen LogP contribution in [-0.4, -0.2) is 19.5 Å². The van der Waals surface area contributed by atoms with Gasteiger partial charge in [0.1, 0.15) is 7.85 Å². The van der Waals surface area contributed by atoms with Gasteiger partial charge in [0.25, 0.3) is 0 Å². The Morgan fingerprint density at radius 3 is 2.50 bits per heavy atom. The molecule has 0 aliphatic rings. The molecule has 0 fully saturated rings. The van der Waals surface area contributed by atoms with Crippen molar-refractivity contribution in [3.63, 3.8) is 0 Å². The van der Waals surface area contributed by atoms with Crippen LogP contribution in [-0.2, 0) is 0 Å². The summed E-state index contributed by atoms with van der Waals surface area (Å²) in [5.41, 5.74) is 1.01. The molecule has 0 radical (unpaired) electrons. The zero-order valence-electron chi connectivity index (χ0n) is 5.81. The fourth-order valence-corrected chi connectivity index (χ4v) is 0.460. The van der Waals surface area contributed by atoms with Gasteiger partial charge < -0.3 is 0 Å². The Morgan fingerprint density at radius 1 is 1.88 bits per heavy atom. The van der Waals surface area contributed by atoms with E-state index in [0.717, 1.165) is 5.71 Å². The Morgan fingerprint density at radius 2 is 2.38 bits per heavy atom. The van der Waals surface area contributed by atoms with Crippen LogP contribution in [0.1, 0.15) is 13.8 Å². The van der Waals surface area contributed by atoms with Crippen LogP contribution in [0.4, 0.5) is 0 Å². The number of nitrogens with zero attached hydrogens (tertiary/aromatic N) is 1. The van der Waals surface area contributed by atoms with Crippen molar-refractivity contribution in [3.8, 4) is 0 Å². The lowest BCUT2D eigenvalue weighted by molar-refractivity contribution is 1.03. The molecule has 1 nitrogen and oxygen atoms in total. The second-order valence-corrected chi connectivity index (χ2v) is 2.07. The molecule has 0 heterocycles. The number of hydrogen-bond donors (Lipinski definition) is 0. The second-order valence-electron chi connectivity index (χ2n) is 2.07. The van der Waals surface area contributed by atoms with E-state index in [2.05, 4.69) is 11.6 Å². The minimum atomic E-state index is 0.396. The van der Waals surface area contributed by atoms with Crippen LogP contribution in [0, 0.1) is 0 Å². The Labute approximate surface area is 51.9 Å². The molecule has 0 saturated heterocycles. The SMILES string of the molecule is BC(C)/N=C(/C)C=C. The molecule has 0 spiro atoms. The largest absolute Gasteiger partial charge is 0.296 e. The van der Waals surface area contributed by atoms with E-state index in [0.29, 0.717) is 5.94 Å². The summed E-state index contributed by atoms with van der Waals surface area (Å²) < 4.78 is 0. The van der Waals surface area contributed by atoms with Crippen molar-refractivity contribution in [2.45, 2.75) is 19.8 Å². The van der Waals surface area contributed by atoms with Crippen LogP contribution < -0.4 is 0 Å². The molecule has 0 N–H and O–H groups in total. The highest BCUT2D eigenvalue weighted by atomic mass is 14.7. The van der Waals surface area contributed by atoms with Crippen molar-refractivity contribution in [1.29, 1.82) is 0 Å². The van der Waals surface area contributed by atoms with Gasteiger partial charge in [-0.15, -0.1) is 0 Å². The van der Waals surface area contributed by atoms with Crippen molar-refractivity contribution in [3.05, 3.63) is 12.7 Å². The zero-order valence-corrected chi connectivity index (χ0v) is 5.81. The highest BCUT2D eigenvalue weighted by Crippen LogP contribution is 1.83.